The quantitative estimate of drug-likeness (QED) is 0.321. The Labute approximate surface area is 134 Å². The molecule has 0 radical (unpaired) electrons. The largest absolute Gasteiger partial charge is 0.550 e. The first-order chi connectivity index (χ1) is 10.3. The predicted molar refractivity (Wildman–Crippen MR) is 93.1 cm³/mol. The molecule has 0 saturated carbocycles. The summed E-state index contributed by atoms with van der Waals surface area (Å²) in [4.78, 5) is 11.4. The maximum Gasteiger partial charge on any atom is 0.330 e. The van der Waals surface area contributed by atoms with Gasteiger partial charge in [0.1, 0.15) is 0 Å². The lowest BCUT2D eigenvalue weighted by molar-refractivity contribution is -0.134. The average Bonchev–Trinajstić information content (AvgIpc) is 2.47. The number of allylic oxidation sites excluding steroid dienone is 2. The van der Waals surface area contributed by atoms with Crippen molar-refractivity contribution < 1.29 is 14.0 Å². The maximum atomic E-state index is 11.4. The van der Waals surface area contributed by atoms with E-state index in [4.69, 9.17) is 4.43 Å². The molecule has 3 nitrogen and oxygen atoms in total. The van der Waals surface area contributed by atoms with Crippen molar-refractivity contribution in [2.75, 3.05) is 7.11 Å². The highest BCUT2D eigenvalue weighted by Crippen LogP contribution is 2.27. The van der Waals surface area contributed by atoms with Gasteiger partial charge in [0.15, 0.2) is 0 Å². The van der Waals surface area contributed by atoms with E-state index in [0.29, 0.717) is 0 Å². The van der Waals surface area contributed by atoms with E-state index in [-0.39, 0.29) is 17.8 Å². The summed E-state index contributed by atoms with van der Waals surface area (Å²) in [6.45, 7) is 8.55. The van der Waals surface area contributed by atoms with Gasteiger partial charge in [0, 0.05) is 12.0 Å². The molecule has 0 aliphatic rings. The zero-order valence-electron chi connectivity index (χ0n) is 14.1. The molecular formula is C18H26O3Si. The highest BCUT2D eigenvalue weighted by molar-refractivity contribution is 6.69. The molecule has 1 aromatic carbocycles. The molecule has 0 unspecified atom stereocenters. The smallest absolute Gasteiger partial charge is 0.330 e. The van der Waals surface area contributed by atoms with Gasteiger partial charge in [-0.3, -0.25) is 0 Å². The third kappa shape index (κ3) is 6.76. The minimum atomic E-state index is -1.56. The lowest BCUT2D eigenvalue weighted by Crippen LogP contribution is -2.22. The van der Waals surface area contributed by atoms with Gasteiger partial charge in [-0.15, -0.1) is 0 Å². The van der Waals surface area contributed by atoms with Gasteiger partial charge in [0.25, 0.3) is 0 Å². The van der Waals surface area contributed by atoms with E-state index in [1.54, 1.807) is 6.26 Å². The van der Waals surface area contributed by atoms with Gasteiger partial charge in [0.2, 0.25) is 8.32 Å². The van der Waals surface area contributed by atoms with Crippen molar-refractivity contribution in [2.45, 2.75) is 32.5 Å². The van der Waals surface area contributed by atoms with Crippen molar-refractivity contribution in [1.82, 2.24) is 0 Å². The van der Waals surface area contributed by atoms with Crippen LogP contribution < -0.4 is 0 Å². The molecule has 120 valence electrons. The van der Waals surface area contributed by atoms with Crippen molar-refractivity contribution in [3.8, 4) is 0 Å². The topological polar surface area (TPSA) is 35.5 Å². The highest BCUT2D eigenvalue weighted by atomic mass is 28.4. The molecule has 0 spiro atoms. The fraction of sp³-hybridized carbons (Fsp3) is 0.389. The van der Waals surface area contributed by atoms with Crippen LogP contribution >= 0.6 is 0 Å². The van der Waals surface area contributed by atoms with E-state index in [0.717, 1.165) is 5.56 Å². The summed E-state index contributed by atoms with van der Waals surface area (Å²) in [6.07, 6.45) is 7.24. The van der Waals surface area contributed by atoms with Crippen LogP contribution in [0, 0.1) is 5.92 Å². The van der Waals surface area contributed by atoms with Crippen LogP contribution in [-0.2, 0) is 14.0 Å². The summed E-state index contributed by atoms with van der Waals surface area (Å²) in [5.74, 6) is -0.0306. The fourth-order valence-corrected chi connectivity index (χ4v) is 2.49. The Balaban J connectivity index is 2.90. The SMILES string of the molecule is COC(=O)/C=C/[C@@H](c1ccccc1)[C@H](C)/C=C\O[Si](C)(C)C. The van der Waals surface area contributed by atoms with Gasteiger partial charge in [0.05, 0.1) is 13.4 Å². The summed E-state index contributed by atoms with van der Waals surface area (Å²) in [5, 5.41) is 0. The van der Waals surface area contributed by atoms with Crippen molar-refractivity contribution in [3.05, 3.63) is 60.4 Å². The summed E-state index contributed by atoms with van der Waals surface area (Å²) >= 11 is 0. The van der Waals surface area contributed by atoms with Crippen molar-refractivity contribution >= 4 is 14.3 Å². The second-order valence-corrected chi connectivity index (χ2v) is 10.7. The zero-order valence-corrected chi connectivity index (χ0v) is 15.1. The lowest BCUT2D eigenvalue weighted by Gasteiger charge is -2.20. The number of hydrogen-bond acceptors (Lipinski definition) is 3. The third-order valence-corrected chi connectivity index (χ3v) is 4.04. The molecule has 1 rings (SSSR count). The molecule has 0 N–H and O–H groups in total. The highest BCUT2D eigenvalue weighted by Gasteiger charge is 2.16. The molecule has 0 heterocycles. The number of methoxy groups -OCH3 is 1. The lowest BCUT2D eigenvalue weighted by atomic mass is 9.87. The van der Waals surface area contributed by atoms with Crippen molar-refractivity contribution in [3.63, 3.8) is 0 Å². The molecule has 1 aromatic rings. The van der Waals surface area contributed by atoms with Crippen LogP contribution in [0.15, 0.2) is 54.8 Å². The van der Waals surface area contributed by atoms with Crippen LogP contribution in [0.5, 0.6) is 0 Å². The number of hydrogen-bond donors (Lipinski definition) is 0. The first-order valence-electron chi connectivity index (χ1n) is 7.49. The van der Waals surface area contributed by atoms with Gasteiger partial charge in [-0.1, -0.05) is 43.3 Å². The van der Waals surface area contributed by atoms with Gasteiger partial charge >= 0.3 is 5.97 Å². The first kappa shape index (κ1) is 18.2. The van der Waals surface area contributed by atoms with Crippen LogP contribution in [0.3, 0.4) is 0 Å². The van der Waals surface area contributed by atoms with E-state index < -0.39 is 8.32 Å². The monoisotopic (exact) mass is 318 g/mol. The van der Waals surface area contributed by atoms with Crippen LogP contribution in [-0.4, -0.2) is 21.4 Å². The molecule has 22 heavy (non-hydrogen) atoms. The van der Waals surface area contributed by atoms with E-state index in [1.165, 1.54) is 13.2 Å². The van der Waals surface area contributed by atoms with E-state index in [9.17, 15) is 4.79 Å². The molecule has 0 fully saturated rings. The Hall–Kier alpha value is -1.81. The third-order valence-electron chi connectivity index (χ3n) is 3.20. The molecule has 0 saturated heterocycles. The molecular weight excluding hydrogens is 292 g/mol. The standard InChI is InChI=1S/C18H26O3Si/c1-15(13-14-21-22(3,4)5)17(11-12-18(19)20-2)16-9-7-6-8-10-16/h6-15,17H,1-5H3/b12-11+,14-13-/t15-,17-/m1/s1. The molecule has 0 aliphatic carbocycles. The number of esters is 1. The molecule has 2 atom stereocenters. The average molecular weight is 318 g/mol. The zero-order chi connectivity index (χ0) is 16.6. The molecule has 0 bridgehead atoms. The molecule has 0 aromatic heterocycles. The first-order valence-corrected chi connectivity index (χ1v) is 10.9. The molecule has 0 amide bonds. The minimum absolute atomic E-state index is 0.0989. The summed E-state index contributed by atoms with van der Waals surface area (Å²) in [6, 6.07) is 10.1. The maximum absolute atomic E-state index is 11.4. The van der Waals surface area contributed by atoms with E-state index >= 15 is 0 Å². The van der Waals surface area contributed by atoms with Gasteiger partial charge in [-0.05, 0) is 37.2 Å². The number of carbonyl (C=O) groups excluding carboxylic acids is 1. The Kier molecular flexibility index (Phi) is 7.12. The van der Waals surface area contributed by atoms with Gasteiger partial charge < -0.3 is 9.16 Å². The molecule has 0 aliphatic heterocycles. The normalized spacial score (nSPS) is 15.0. The minimum Gasteiger partial charge on any atom is -0.550 e. The predicted octanol–water partition coefficient (Wildman–Crippen LogP) is 4.50. The van der Waals surface area contributed by atoms with Crippen molar-refractivity contribution in [2.24, 2.45) is 5.92 Å². The second-order valence-electron chi connectivity index (χ2n) is 6.24. The van der Waals surface area contributed by atoms with Gasteiger partial charge in [-0.25, -0.2) is 4.79 Å². The number of rotatable bonds is 7. The van der Waals surface area contributed by atoms with E-state index in [2.05, 4.69) is 49.5 Å². The Morgan fingerprint density at radius 1 is 1.14 bits per heavy atom. The fourth-order valence-electron chi connectivity index (χ4n) is 2.00. The van der Waals surface area contributed by atoms with Crippen molar-refractivity contribution in [1.29, 1.82) is 0 Å². The van der Waals surface area contributed by atoms with Crippen LogP contribution in [0.25, 0.3) is 0 Å². The summed E-state index contributed by atoms with van der Waals surface area (Å²) < 4.78 is 10.5. The van der Waals surface area contributed by atoms with Crippen LogP contribution in [0.4, 0.5) is 0 Å². The Morgan fingerprint density at radius 2 is 1.77 bits per heavy atom. The Morgan fingerprint density at radius 3 is 2.32 bits per heavy atom. The van der Waals surface area contributed by atoms with Crippen LogP contribution in [0.1, 0.15) is 18.4 Å². The van der Waals surface area contributed by atoms with E-state index in [1.807, 2.05) is 24.3 Å². The summed E-state index contributed by atoms with van der Waals surface area (Å²) in [5.41, 5.74) is 1.16. The summed E-state index contributed by atoms with van der Waals surface area (Å²) in [7, 11) is -0.175. The number of carbonyl (C=O) groups is 1. The van der Waals surface area contributed by atoms with Crippen LogP contribution in [0.2, 0.25) is 19.6 Å². The van der Waals surface area contributed by atoms with Gasteiger partial charge in [-0.2, -0.15) is 0 Å². The molecule has 4 heteroatoms. The Bertz CT molecular complexity index is 515. The second kappa shape index (κ2) is 8.59. The number of benzene rings is 1. The number of ether oxygens (including phenoxy) is 1.